The molecule has 0 aliphatic heterocycles. The molecule has 23 heavy (non-hydrogen) atoms. The van der Waals surface area contributed by atoms with E-state index in [1.807, 2.05) is 12.1 Å². The molecule has 0 radical (unpaired) electrons. The summed E-state index contributed by atoms with van der Waals surface area (Å²) in [4.78, 5) is 10.4. The van der Waals surface area contributed by atoms with Crippen molar-refractivity contribution in [1.82, 2.24) is 0 Å². The lowest BCUT2D eigenvalue weighted by Gasteiger charge is -2.05. The Morgan fingerprint density at radius 3 is 2.09 bits per heavy atom. The normalized spacial score (nSPS) is 11.5. The maximum atomic E-state index is 12.0. The van der Waals surface area contributed by atoms with Crippen molar-refractivity contribution < 1.29 is 18.3 Å². The number of benzene rings is 1. The second-order valence-electron chi connectivity index (χ2n) is 5.79. The highest BCUT2D eigenvalue weighted by Gasteiger charge is 2.10. The van der Waals surface area contributed by atoms with E-state index in [1.54, 1.807) is 12.1 Å². The molecule has 1 rings (SSSR count). The minimum absolute atomic E-state index is 0.174. The predicted molar refractivity (Wildman–Crippen MR) is 93.8 cm³/mol. The average molecular weight is 361 g/mol. The van der Waals surface area contributed by atoms with Gasteiger partial charge in [-0.15, -0.1) is 0 Å². The number of aryl methyl sites for hydroxylation is 1. The summed E-state index contributed by atoms with van der Waals surface area (Å²) in [6.07, 6.45) is 5.84. The van der Waals surface area contributed by atoms with Crippen molar-refractivity contribution in [1.29, 1.82) is 0 Å². The summed E-state index contributed by atoms with van der Waals surface area (Å²) in [6.45, 7) is 0. The number of halogens is 1. The zero-order valence-corrected chi connectivity index (χ0v) is 14.9. The predicted octanol–water partition coefficient (Wildman–Crippen LogP) is 4.11. The highest BCUT2D eigenvalue weighted by Crippen LogP contribution is 2.12. The summed E-state index contributed by atoms with van der Waals surface area (Å²) in [5.41, 5.74) is 0.983. The standard InChI is InChI=1S/C17H25ClO4S/c18-16-10-8-15(9-11-16)12-14-23(21,22)13-6-4-2-1-3-5-7-17(19)20/h8-11H,1-7,12-14H2,(H,19,20). The fourth-order valence-electron chi connectivity index (χ4n) is 2.33. The van der Waals surface area contributed by atoms with E-state index < -0.39 is 15.8 Å². The van der Waals surface area contributed by atoms with Crippen LogP contribution in [-0.4, -0.2) is 31.0 Å². The maximum Gasteiger partial charge on any atom is 0.303 e. The molecule has 0 unspecified atom stereocenters. The van der Waals surface area contributed by atoms with Gasteiger partial charge in [0.25, 0.3) is 0 Å². The second-order valence-corrected chi connectivity index (χ2v) is 8.53. The van der Waals surface area contributed by atoms with E-state index in [4.69, 9.17) is 16.7 Å². The molecule has 0 heterocycles. The van der Waals surface area contributed by atoms with Crippen LogP contribution in [0.5, 0.6) is 0 Å². The van der Waals surface area contributed by atoms with E-state index in [9.17, 15) is 13.2 Å². The molecule has 0 fully saturated rings. The van der Waals surface area contributed by atoms with Gasteiger partial charge in [0.05, 0.1) is 11.5 Å². The van der Waals surface area contributed by atoms with Crippen molar-refractivity contribution >= 4 is 27.4 Å². The molecule has 0 spiro atoms. The first-order valence-corrected chi connectivity index (χ1v) is 10.3. The van der Waals surface area contributed by atoms with Crippen LogP contribution in [0, 0.1) is 0 Å². The van der Waals surface area contributed by atoms with E-state index >= 15 is 0 Å². The number of rotatable bonds is 12. The Morgan fingerprint density at radius 1 is 0.913 bits per heavy atom. The van der Waals surface area contributed by atoms with E-state index in [0.29, 0.717) is 24.3 Å². The van der Waals surface area contributed by atoms with Gasteiger partial charge in [0.1, 0.15) is 0 Å². The van der Waals surface area contributed by atoms with Crippen LogP contribution in [0.25, 0.3) is 0 Å². The lowest BCUT2D eigenvalue weighted by Crippen LogP contribution is -2.13. The number of sulfone groups is 1. The van der Waals surface area contributed by atoms with E-state index in [1.165, 1.54) is 0 Å². The Morgan fingerprint density at radius 2 is 1.48 bits per heavy atom. The largest absolute Gasteiger partial charge is 0.481 e. The first-order valence-electron chi connectivity index (χ1n) is 8.06. The highest BCUT2D eigenvalue weighted by molar-refractivity contribution is 7.91. The van der Waals surface area contributed by atoms with Crippen molar-refractivity contribution in [3.63, 3.8) is 0 Å². The molecule has 0 saturated heterocycles. The lowest BCUT2D eigenvalue weighted by molar-refractivity contribution is -0.137. The summed E-state index contributed by atoms with van der Waals surface area (Å²) in [5, 5.41) is 9.17. The topological polar surface area (TPSA) is 71.4 Å². The molecular formula is C17H25ClO4S. The van der Waals surface area contributed by atoms with Gasteiger partial charge in [0, 0.05) is 11.4 Å². The molecule has 1 aromatic rings. The molecule has 0 amide bonds. The van der Waals surface area contributed by atoms with Crippen molar-refractivity contribution in [2.75, 3.05) is 11.5 Å². The molecule has 6 heteroatoms. The minimum Gasteiger partial charge on any atom is -0.481 e. The molecule has 0 aliphatic rings. The molecule has 0 bridgehead atoms. The van der Waals surface area contributed by atoms with Crippen molar-refractivity contribution in [2.45, 2.75) is 51.4 Å². The van der Waals surface area contributed by atoms with Gasteiger partial charge < -0.3 is 5.11 Å². The Balaban J connectivity index is 2.11. The van der Waals surface area contributed by atoms with Crippen LogP contribution in [0.3, 0.4) is 0 Å². The maximum absolute atomic E-state index is 12.0. The number of unbranched alkanes of at least 4 members (excludes halogenated alkanes) is 5. The van der Waals surface area contributed by atoms with Gasteiger partial charge in [-0.25, -0.2) is 8.42 Å². The summed E-state index contributed by atoms with van der Waals surface area (Å²) < 4.78 is 24.0. The van der Waals surface area contributed by atoms with Crippen LogP contribution in [0.2, 0.25) is 5.02 Å². The first-order chi connectivity index (χ1) is 10.9. The van der Waals surface area contributed by atoms with Crippen LogP contribution >= 0.6 is 11.6 Å². The van der Waals surface area contributed by atoms with Crippen molar-refractivity contribution in [2.24, 2.45) is 0 Å². The minimum atomic E-state index is -3.01. The average Bonchev–Trinajstić information content (AvgIpc) is 2.49. The van der Waals surface area contributed by atoms with E-state index in [0.717, 1.165) is 31.2 Å². The number of hydrogen-bond acceptors (Lipinski definition) is 3. The van der Waals surface area contributed by atoms with Crippen molar-refractivity contribution in [3.8, 4) is 0 Å². The molecule has 1 aromatic carbocycles. The van der Waals surface area contributed by atoms with Gasteiger partial charge in [-0.3, -0.25) is 4.79 Å². The molecule has 4 nitrogen and oxygen atoms in total. The quantitative estimate of drug-likeness (QED) is 0.569. The van der Waals surface area contributed by atoms with Gasteiger partial charge >= 0.3 is 5.97 Å². The van der Waals surface area contributed by atoms with Crippen LogP contribution in [0.4, 0.5) is 0 Å². The summed E-state index contributed by atoms with van der Waals surface area (Å²) in [6, 6.07) is 7.26. The number of hydrogen-bond donors (Lipinski definition) is 1. The first kappa shape index (κ1) is 20.0. The fraction of sp³-hybridized carbons (Fsp3) is 0.588. The monoisotopic (exact) mass is 360 g/mol. The second kappa shape index (κ2) is 10.7. The van der Waals surface area contributed by atoms with E-state index in [2.05, 4.69) is 0 Å². The number of aliphatic carboxylic acids is 1. The van der Waals surface area contributed by atoms with Crippen molar-refractivity contribution in [3.05, 3.63) is 34.9 Å². The number of carbonyl (C=O) groups is 1. The third kappa shape index (κ3) is 10.3. The SMILES string of the molecule is O=C(O)CCCCCCCCS(=O)(=O)CCc1ccc(Cl)cc1. The zero-order chi connectivity index (χ0) is 17.1. The van der Waals surface area contributed by atoms with Gasteiger partial charge in [0.2, 0.25) is 0 Å². The Hall–Kier alpha value is -1.07. The molecule has 0 atom stereocenters. The molecule has 0 aromatic heterocycles. The summed E-state index contributed by atoms with van der Waals surface area (Å²) >= 11 is 5.80. The Labute approximate surface area is 143 Å². The zero-order valence-electron chi connectivity index (χ0n) is 13.3. The van der Waals surface area contributed by atoms with Gasteiger partial charge in [-0.1, -0.05) is 49.4 Å². The Bertz CT molecular complexity index is 567. The highest BCUT2D eigenvalue weighted by atomic mass is 35.5. The van der Waals surface area contributed by atoms with E-state index in [-0.39, 0.29) is 17.9 Å². The fourth-order valence-corrected chi connectivity index (χ4v) is 3.85. The third-order valence-electron chi connectivity index (χ3n) is 3.71. The van der Waals surface area contributed by atoms with Crippen LogP contribution < -0.4 is 0 Å². The van der Waals surface area contributed by atoms with Gasteiger partial charge in [-0.2, -0.15) is 0 Å². The summed E-state index contributed by atoms with van der Waals surface area (Å²) in [7, 11) is -3.01. The van der Waals surface area contributed by atoms with Gasteiger partial charge in [0.15, 0.2) is 9.84 Å². The Kier molecular flexibility index (Phi) is 9.26. The molecule has 1 N–H and O–H groups in total. The van der Waals surface area contributed by atoms with Gasteiger partial charge in [-0.05, 0) is 37.0 Å². The summed E-state index contributed by atoms with van der Waals surface area (Å²) in [5.74, 6) is -0.347. The molecule has 130 valence electrons. The van der Waals surface area contributed by atoms with Crippen LogP contribution in [0.15, 0.2) is 24.3 Å². The third-order valence-corrected chi connectivity index (χ3v) is 5.70. The number of carboxylic acid groups (broad SMARTS) is 1. The molecule has 0 saturated carbocycles. The van der Waals surface area contributed by atoms with Crippen LogP contribution in [-0.2, 0) is 21.1 Å². The molecule has 0 aliphatic carbocycles. The smallest absolute Gasteiger partial charge is 0.303 e. The molecular weight excluding hydrogens is 336 g/mol. The lowest BCUT2D eigenvalue weighted by atomic mass is 10.1. The van der Waals surface area contributed by atoms with Crippen LogP contribution in [0.1, 0.15) is 50.5 Å². The number of carboxylic acids is 1.